The van der Waals surface area contributed by atoms with Gasteiger partial charge in [-0.15, -0.1) is 11.3 Å². The minimum atomic E-state index is -1.06. The molecule has 0 spiro atoms. The van der Waals surface area contributed by atoms with Crippen LogP contribution >= 0.6 is 11.3 Å². The predicted octanol–water partition coefficient (Wildman–Crippen LogP) is 2.28. The van der Waals surface area contributed by atoms with E-state index in [2.05, 4.69) is 11.9 Å². The maximum Gasteiger partial charge on any atom is 0.326 e. The highest BCUT2D eigenvalue weighted by Gasteiger charge is 2.39. The average molecular weight is 284 g/mol. The van der Waals surface area contributed by atoms with Crippen molar-refractivity contribution in [3.05, 3.63) is 16.1 Å². The summed E-state index contributed by atoms with van der Waals surface area (Å²) < 4.78 is 5.75. The first-order valence-electron chi connectivity index (χ1n) is 6.48. The zero-order valence-corrected chi connectivity index (χ0v) is 12.1. The van der Waals surface area contributed by atoms with E-state index in [1.165, 1.54) is 17.8 Å². The Hall–Kier alpha value is -0.980. The van der Waals surface area contributed by atoms with Crippen LogP contribution in [0.4, 0.5) is 0 Å². The van der Waals surface area contributed by atoms with Crippen LogP contribution in [-0.2, 0) is 15.1 Å². The number of carbonyl (C=O) groups is 1. The van der Waals surface area contributed by atoms with Crippen LogP contribution in [0, 0.1) is 5.92 Å². The summed E-state index contributed by atoms with van der Waals surface area (Å²) in [5.74, 6) is -0.463. The van der Waals surface area contributed by atoms with E-state index in [1.54, 1.807) is 12.5 Å². The van der Waals surface area contributed by atoms with Crippen LogP contribution in [0.2, 0.25) is 0 Å². The molecule has 0 aliphatic heterocycles. The number of hydrogen-bond acceptors (Lipinski definition) is 5. The van der Waals surface area contributed by atoms with Gasteiger partial charge in [-0.3, -0.25) is 4.79 Å². The number of aliphatic carboxylic acids is 1. The molecule has 6 heteroatoms. The van der Waals surface area contributed by atoms with Gasteiger partial charge in [0.05, 0.1) is 5.69 Å². The molecule has 0 bridgehead atoms. The first kappa shape index (κ1) is 14.4. The average Bonchev–Trinajstić information content (AvgIpc) is 2.87. The summed E-state index contributed by atoms with van der Waals surface area (Å²) >= 11 is 1.45. The van der Waals surface area contributed by atoms with E-state index in [4.69, 9.17) is 15.6 Å². The summed E-state index contributed by atoms with van der Waals surface area (Å²) in [6.07, 6.45) is 4.18. The number of aromatic nitrogens is 1. The van der Waals surface area contributed by atoms with E-state index in [0.717, 1.165) is 24.3 Å². The SMILES string of the molecule is COC1(c2nc(C(N)C(=O)O)cs2)CCCC(C)C1. The van der Waals surface area contributed by atoms with Crippen molar-refractivity contribution in [3.63, 3.8) is 0 Å². The summed E-state index contributed by atoms with van der Waals surface area (Å²) in [5, 5.41) is 11.5. The zero-order valence-electron chi connectivity index (χ0n) is 11.3. The number of carboxylic acids is 1. The molecular formula is C13H20N2O3S. The molecule has 0 radical (unpaired) electrons. The highest BCUT2D eigenvalue weighted by molar-refractivity contribution is 7.09. The minimum Gasteiger partial charge on any atom is -0.480 e. The molecule has 5 nitrogen and oxygen atoms in total. The van der Waals surface area contributed by atoms with Crippen molar-refractivity contribution in [2.24, 2.45) is 11.7 Å². The van der Waals surface area contributed by atoms with Gasteiger partial charge in [0, 0.05) is 12.5 Å². The van der Waals surface area contributed by atoms with E-state index < -0.39 is 12.0 Å². The summed E-state index contributed by atoms with van der Waals surface area (Å²) in [7, 11) is 1.70. The molecule has 1 fully saturated rings. The van der Waals surface area contributed by atoms with Crippen LogP contribution in [0.1, 0.15) is 49.4 Å². The van der Waals surface area contributed by atoms with Gasteiger partial charge in [0.25, 0.3) is 0 Å². The molecule has 1 aromatic rings. The van der Waals surface area contributed by atoms with Crippen molar-refractivity contribution >= 4 is 17.3 Å². The van der Waals surface area contributed by atoms with Crippen LogP contribution in [0.25, 0.3) is 0 Å². The molecule has 2 rings (SSSR count). The Balaban J connectivity index is 2.27. The van der Waals surface area contributed by atoms with Gasteiger partial charge in [-0.25, -0.2) is 4.98 Å². The number of hydrogen-bond donors (Lipinski definition) is 2. The highest BCUT2D eigenvalue weighted by atomic mass is 32.1. The third-order valence-corrected chi connectivity index (χ3v) is 4.89. The number of thiazole rings is 1. The molecule has 0 amide bonds. The Morgan fingerprint density at radius 1 is 1.74 bits per heavy atom. The number of methoxy groups -OCH3 is 1. The smallest absolute Gasteiger partial charge is 0.326 e. The molecule has 3 N–H and O–H groups in total. The van der Waals surface area contributed by atoms with E-state index in [0.29, 0.717) is 11.6 Å². The maximum absolute atomic E-state index is 10.9. The molecule has 106 valence electrons. The van der Waals surface area contributed by atoms with Gasteiger partial charge >= 0.3 is 5.97 Å². The molecule has 19 heavy (non-hydrogen) atoms. The highest BCUT2D eigenvalue weighted by Crippen LogP contribution is 2.43. The fourth-order valence-corrected chi connectivity index (χ4v) is 3.81. The quantitative estimate of drug-likeness (QED) is 0.886. The molecule has 0 aromatic carbocycles. The van der Waals surface area contributed by atoms with Crippen LogP contribution < -0.4 is 5.73 Å². The van der Waals surface area contributed by atoms with Gasteiger partial charge in [0.15, 0.2) is 0 Å². The largest absolute Gasteiger partial charge is 0.480 e. The summed E-state index contributed by atoms with van der Waals surface area (Å²) in [6, 6.07) is -1.06. The first-order valence-corrected chi connectivity index (χ1v) is 7.36. The van der Waals surface area contributed by atoms with Gasteiger partial charge in [-0.05, 0) is 25.2 Å². The van der Waals surface area contributed by atoms with E-state index >= 15 is 0 Å². The van der Waals surface area contributed by atoms with E-state index in [9.17, 15) is 4.79 Å². The van der Waals surface area contributed by atoms with Gasteiger partial charge in [-0.1, -0.05) is 13.3 Å². The number of rotatable bonds is 4. The summed E-state index contributed by atoms with van der Waals surface area (Å²) in [4.78, 5) is 15.3. The third kappa shape index (κ3) is 2.80. The fraction of sp³-hybridized carbons (Fsp3) is 0.692. The lowest BCUT2D eigenvalue weighted by Crippen LogP contribution is -2.34. The molecule has 0 saturated heterocycles. The second-order valence-electron chi connectivity index (χ2n) is 5.29. The zero-order chi connectivity index (χ0) is 14.0. The Morgan fingerprint density at radius 3 is 3.05 bits per heavy atom. The maximum atomic E-state index is 10.9. The van der Waals surface area contributed by atoms with Crippen molar-refractivity contribution in [1.82, 2.24) is 4.98 Å². The summed E-state index contributed by atoms with van der Waals surface area (Å²) in [6.45, 7) is 2.21. The van der Waals surface area contributed by atoms with Crippen LogP contribution in [0.15, 0.2) is 5.38 Å². The number of nitrogens with two attached hydrogens (primary N) is 1. The van der Waals surface area contributed by atoms with Gasteiger partial charge in [-0.2, -0.15) is 0 Å². The third-order valence-electron chi connectivity index (χ3n) is 3.84. The van der Waals surface area contributed by atoms with Gasteiger partial charge < -0.3 is 15.6 Å². The molecule has 1 heterocycles. The molecule has 3 unspecified atom stereocenters. The monoisotopic (exact) mass is 284 g/mol. The normalized spacial score (nSPS) is 29.1. The van der Waals surface area contributed by atoms with Crippen molar-refractivity contribution in [1.29, 1.82) is 0 Å². The first-order chi connectivity index (χ1) is 8.98. The predicted molar refractivity (Wildman–Crippen MR) is 73.0 cm³/mol. The minimum absolute atomic E-state index is 0.362. The van der Waals surface area contributed by atoms with Crippen molar-refractivity contribution in [2.75, 3.05) is 7.11 Å². The fourth-order valence-electron chi connectivity index (χ4n) is 2.73. The van der Waals surface area contributed by atoms with E-state index in [-0.39, 0.29) is 5.60 Å². The lowest BCUT2D eigenvalue weighted by molar-refractivity contribution is -0.138. The number of ether oxygens (including phenoxy) is 1. The van der Waals surface area contributed by atoms with Crippen LogP contribution in [-0.4, -0.2) is 23.2 Å². The molecule has 1 aromatic heterocycles. The molecular weight excluding hydrogens is 264 g/mol. The molecule has 1 aliphatic rings. The Kier molecular flexibility index (Phi) is 4.23. The standard InChI is InChI=1S/C13H20N2O3S/c1-8-4-3-5-13(6-8,18-2)12-15-9(7-19-12)10(14)11(16)17/h7-8,10H,3-6,14H2,1-2H3,(H,16,17). The lowest BCUT2D eigenvalue weighted by atomic mass is 9.79. The van der Waals surface area contributed by atoms with Gasteiger partial charge in [0.1, 0.15) is 16.7 Å². The lowest BCUT2D eigenvalue weighted by Gasteiger charge is -2.37. The van der Waals surface area contributed by atoms with Crippen LogP contribution in [0.3, 0.4) is 0 Å². The molecule has 1 aliphatic carbocycles. The number of carboxylic acid groups (broad SMARTS) is 1. The van der Waals surface area contributed by atoms with Crippen LogP contribution in [0.5, 0.6) is 0 Å². The van der Waals surface area contributed by atoms with Crippen molar-refractivity contribution in [3.8, 4) is 0 Å². The Bertz CT molecular complexity index is 462. The molecule has 3 atom stereocenters. The van der Waals surface area contributed by atoms with Gasteiger partial charge in [0.2, 0.25) is 0 Å². The summed E-state index contributed by atoms with van der Waals surface area (Å²) in [5.41, 5.74) is 5.65. The second-order valence-corrected chi connectivity index (χ2v) is 6.15. The Morgan fingerprint density at radius 2 is 2.47 bits per heavy atom. The topological polar surface area (TPSA) is 85.4 Å². The number of nitrogens with zero attached hydrogens (tertiary/aromatic N) is 1. The Labute approximate surface area is 116 Å². The second kappa shape index (κ2) is 5.56. The van der Waals surface area contributed by atoms with Crippen molar-refractivity contribution in [2.45, 2.75) is 44.2 Å². The van der Waals surface area contributed by atoms with Crippen molar-refractivity contribution < 1.29 is 14.6 Å². The van der Waals surface area contributed by atoms with E-state index in [1.807, 2.05) is 0 Å². The molecule has 1 saturated carbocycles.